The second-order valence-electron chi connectivity index (χ2n) is 5.42. The Labute approximate surface area is 99.5 Å². The number of rotatable bonds is 6. The lowest BCUT2D eigenvalue weighted by molar-refractivity contribution is -0.0495. The molecule has 0 bridgehead atoms. The number of nitrogens with zero attached hydrogens (tertiary/aromatic N) is 1. The Morgan fingerprint density at radius 1 is 1.25 bits per heavy atom. The maximum absolute atomic E-state index is 5.63. The summed E-state index contributed by atoms with van der Waals surface area (Å²) in [4.78, 5) is 2.57. The normalized spacial score (nSPS) is 31.9. The third kappa shape index (κ3) is 4.04. The third-order valence-corrected chi connectivity index (χ3v) is 3.62. The highest BCUT2D eigenvalue weighted by Gasteiger charge is 2.23. The van der Waals surface area contributed by atoms with Gasteiger partial charge in [-0.25, -0.2) is 0 Å². The molecule has 16 heavy (non-hydrogen) atoms. The van der Waals surface area contributed by atoms with E-state index in [2.05, 4.69) is 24.1 Å². The number of unbranched alkanes of at least 4 members (excludes halogenated alkanes) is 1. The van der Waals surface area contributed by atoms with Gasteiger partial charge in [0.15, 0.2) is 0 Å². The molecule has 2 aliphatic rings. The topological polar surface area (TPSA) is 24.5 Å². The lowest BCUT2D eigenvalue weighted by Gasteiger charge is -2.36. The zero-order chi connectivity index (χ0) is 11.4. The molecular formula is C13H26N2O. The Bertz CT molecular complexity index is 206. The lowest BCUT2D eigenvalue weighted by Crippen LogP contribution is -2.47. The summed E-state index contributed by atoms with van der Waals surface area (Å²) >= 11 is 0. The van der Waals surface area contributed by atoms with Crippen molar-refractivity contribution in [3.63, 3.8) is 0 Å². The highest BCUT2D eigenvalue weighted by molar-refractivity contribution is 4.80. The van der Waals surface area contributed by atoms with E-state index in [0.717, 1.165) is 19.2 Å². The molecule has 3 heteroatoms. The molecule has 94 valence electrons. The summed E-state index contributed by atoms with van der Waals surface area (Å²) in [7, 11) is 0. The summed E-state index contributed by atoms with van der Waals surface area (Å²) < 4.78 is 5.63. The van der Waals surface area contributed by atoms with Crippen molar-refractivity contribution in [2.45, 2.75) is 57.7 Å². The van der Waals surface area contributed by atoms with Crippen LogP contribution in [0.25, 0.3) is 0 Å². The summed E-state index contributed by atoms with van der Waals surface area (Å²) in [6.07, 6.45) is 5.85. The highest BCUT2D eigenvalue weighted by atomic mass is 16.5. The molecule has 0 aromatic carbocycles. The van der Waals surface area contributed by atoms with Gasteiger partial charge in [-0.3, -0.25) is 4.90 Å². The van der Waals surface area contributed by atoms with Crippen molar-refractivity contribution in [3.05, 3.63) is 0 Å². The van der Waals surface area contributed by atoms with Gasteiger partial charge >= 0.3 is 0 Å². The van der Waals surface area contributed by atoms with Crippen LogP contribution >= 0.6 is 0 Å². The summed E-state index contributed by atoms with van der Waals surface area (Å²) in [6, 6.07) is 1.47. The van der Waals surface area contributed by atoms with Crippen LogP contribution in [0.1, 0.15) is 39.5 Å². The Morgan fingerprint density at radius 3 is 2.81 bits per heavy atom. The first-order valence-corrected chi connectivity index (χ1v) is 6.84. The van der Waals surface area contributed by atoms with Crippen LogP contribution in [0.5, 0.6) is 0 Å². The van der Waals surface area contributed by atoms with Crippen molar-refractivity contribution in [1.82, 2.24) is 10.2 Å². The third-order valence-electron chi connectivity index (χ3n) is 3.62. The molecule has 1 N–H and O–H groups in total. The van der Waals surface area contributed by atoms with E-state index in [-0.39, 0.29) is 0 Å². The van der Waals surface area contributed by atoms with Crippen LogP contribution in [0.4, 0.5) is 0 Å². The predicted molar refractivity (Wildman–Crippen MR) is 66.7 cm³/mol. The molecule has 2 unspecified atom stereocenters. The van der Waals surface area contributed by atoms with Crippen molar-refractivity contribution < 1.29 is 4.74 Å². The number of ether oxygens (including phenoxy) is 1. The maximum atomic E-state index is 5.63. The van der Waals surface area contributed by atoms with Crippen LogP contribution < -0.4 is 5.32 Å². The Morgan fingerprint density at radius 2 is 2.06 bits per heavy atom. The van der Waals surface area contributed by atoms with Crippen molar-refractivity contribution in [1.29, 1.82) is 0 Å². The fourth-order valence-electron chi connectivity index (χ4n) is 2.32. The summed E-state index contributed by atoms with van der Waals surface area (Å²) in [5, 5.41) is 3.57. The van der Waals surface area contributed by atoms with Crippen LogP contribution in [-0.4, -0.2) is 49.3 Å². The van der Waals surface area contributed by atoms with Gasteiger partial charge in [0, 0.05) is 18.6 Å². The van der Waals surface area contributed by atoms with Crippen molar-refractivity contribution in [2.24, 2.45) is 0 Å². The van der Waals surface area contributed by atoms with E-state index >= 15 is 0 Å². The van der Waals surface area contributed by atoms with E-state index < -0.39 is 0 Å². The van der Waals surface area contributed by atoms with Gasteiger partial charge in [0.2, 0.25) is 0 Å². The second-order valence-corrected chi connectivity index (χ2v) is 5.42. The molecule has 2 atom stereocenters. The molecule has 0 aromatic heterocycles. The SMILES string of the molecule is CC1CN(CCCCNC2CC2)C(C)CO1. The van der Waals surface area contributed by atoms with Crippen LogP contribution in [0, 0.1) is 0 Å². The van der Waals surface area contributed by atoms with Crippen molar-refractivity contribution in [3.8, 4) is 0 Å². The van der Waals surface area contributed by atoms with Crippen molar-refractivity contribution >= 4 is 0 Å². The fraction of sp³-hybridized carbons (Fsp3) is 1.00. The quantitative estimate of drug-likeness (QED) is 0.697. The van der Waals surface area contributed by atoms with E-state index in [4.69, 9.17) is 4.74 Å². The van der Waals surface area contributed by atoms with E-state index in [0.29, 0.717) is 12.1 Å². The molecule has 1 aliphatic heterocycles. The monoisotopic (exact) mass is 226 g/mol. The van der Waals surface area contributed by atoms with Gasteiger partial charge in [-0.05, 0) is 52.6 Å². The molecule has 1 saturated carbocycles. The minimum absolute atomic E-state index is 0.417. The van der Waals surface area contributed by atoms with E-state index in [9.17, 15) is 0 Å². The lowest BCUT2D eigenvalue weighted by atomic mass is 10.2. The number of hydrogen-bond donors (Lipinski definition) is 1. The van der Waals surface area contributed by atoms with E-state index in [1.165, 1.54) is 38.8 Å². The molecule has 1 saturated heterocycles. The van der Waals surface area contributed by atoms with Crippen molar-refractivity contribution in [2.75, 3.05) is 26.2 Å². The first-order valence-electron chi connectivity index (χ1n) is 6.84. The zero-order valence-electron chi connectivity index (χ0n) is 10.7. The van der Waals surface area contributed by atoms with Crippen LogP contribution in [0.2, 0.25) is 0 Å². The van der Waals surface area contributed by atoms with Gasteiger partial charge in [0.1, 0.15) is 0 Å². The molecule has 2 rings (SSSR count). The van der Waals surface area contributed by atoms with E-state index in [1.54, 1.807) is 0 Å². The molecule has 0 amide bonds. The molecule has 0 spiro atoms. The smallest absolute Gasteiger partial charge is 0.0674 e. The molecule has 1 aliphatic carbocycles. The largest absolute Gasteiger partial charge is 0.376 e. The number of hydrogen-bond acceptors (Lipinski definition) is 3. The average molecular weight is 226 g/mol. The summed E-state index contributed by atoms with van der Waals surface area (Å²) in [5.41, 5.74) is 0. The van der Waals surface area contributed by atoms with Gasteiger partial charge in [-0.2, -0.15) is 0 Å². The summed E-state index contributed by atoms with van der Waals surface area (Å²) in [5.74, 6) is 0. The second kappa shape index (κ2) is 5.99. The van der Waals surface area contributed by atoms with E-state index in [1.807, 2.05) is 0 Å². The molecule has 3 nitrogen and oxygen atoms in total. The van der Waals surface area contributed by atoms with Crippen LogP contribution in [-0.2, 0) is 4.74 Å². The maximum Gasteiger partial charge on any atom is 0.0674 e. The molecule has 0 radical (unpaired) electrons. The Balaban J connectivity index is 1.53. The highest BCUT2D eigenvalue weighted by Crippen LogP contribution is 2.18. The standard InChI is InChI=1S/C13H26N2O/c1-11-10-16-12(2)9-15(11)8-4-3-7-14-13-5-6-13/h11-14H,3-10H2,1-2H3. The average Bonchev–Trinajstić information content (AvgIpc) is 3.06. The van der Waals surface area contributed by atoms with Gasteiger partial charge < -0.3 is 10.1 Å². The number of morpholine rings is 1. The number of nitrogens with one attached hydrogen (secondary N) is 1. The molecule has 1 heterocycles. The summed E-state index contributed by atoms with van der Waals surface area (Å²) in [6.45, 7) is 8.90. The van der Waals surface area contributed by atoms with Gasteiger partial charge in [-0.15, -0.1) is 0 Å². The first-order chi connectivity index (χ1) is 7.75. The van der Waals surface area contributed by atoms with Gasteiger partial charge in [0.05, 0.1) is 12.7 Å². The van der Waals surface area contributed by atoms with Gasteiger partial charge in [-0.1, -0.05) is 0 Å². The Kier molecular flexibility index (Phi) is 4.62. The van der Waals surface area contributed by atoms with Crippen LogP contribution in [0.15, 0.2) is 0 Å². The van der Waals surface area contributed by atoms with Crippen LogP contribution in [0.3, 0.4) is 0 Å². The molecule has 0 aromatic rings. The molecular weight excluding hydrogens is 200 g/mol. The molecule has 2 fully saturated rings. The predicted octanol–water partition coefficient (Wildman–Crippen LogP) is 1.63. The zero-order valence-corrected chi connectivity index (χ0v) is 10.7. The fourth-order valence-corrected chi connectivity index (χ4v) is 2.32. The van der Waals surface area contributed by atoms with Gasteiger partial charge in [0.25, 0.3) is 0 Å². The minimum atomic E-state index is 0.417. The minimum Gasteiger partial charge on any atom is -0.376 e. The Hall–Kier alpha value is -0.120. The first kappa shape index (κ1) is 12.3.